The molecule has 0 saturated carbocycles. The molecular weight excluding hydrogens is 425 g/mol. The number of phenols is 1. The van der Waals surface area contributed by atoms with Crippen molar-refractivity contribution in [3.8, 4) is 11.5 Å². The lowest BCUT2D eigenvalue weighted by Gasteiger charge is -2.08. The summed E-state index contributed by atoms with van der Waals surface area (Å²) in [6.07, 6.45) is 1.46. The molecule has 9 heteroatoms. The Bertz CT molecular complexity index is 702. The van der Waals surface area contributed by atoms with Gasteiger partial charge >= 0.3 is 5.97 Å². The molecule has 1 fully saturated rings. The topological polar surface area (TPSA) is 104 Å². The standard InChI is InChI=1S/C13H10INO6S/c1-21-8-3-6(2-7(14)11(8)18)4-9-12(19)15(5-10(16)17)13(20)22-9/h2-4,18H,5H2,1H3,(H,16,17)/b9-4+. The van der Waals surface area contributed by atoms with Gasteiger partial charge in [0, 0.05) is 0 Å². The van der Waals surface area contributed by atoms with Crippen molar-refractivity contribution in [2.75, 3.05) is 13.7 Å². The van der Waals surface area contributed by atoms with Crippen molar-refractivity contribution in [1.82, 2.24) is 4.90 Å². The zero-order valence-electron chi connectivity index (χ0n) is 11.2. The van der Waals surface area contributed by atoms with Crippen LogP contribution in [0.15, 0.2) is 17.0 Å². The highest BCUT2D eigenvalue weighted by Crippen LogP contribution is 2.36. The zero-order valence-corrected chi connectivity index (χ0v) is 14.2. The number of methoxy groups -OCH3 is 1. The van der Waals surface area contributed by atoms with Crippen LogP contribution in [-0.4, -0.2) is 45.9 Å². The second kappa shape index (κ2) is 6.57. The number of ether oxygens (including phenoxy) is 1. The van der Waals surface area contributed by atoms with E-state index < -0.39 is 23.7 Å². The number of benzene rings is 1. The Labute approximate surface area is 143 Å². The zero-order chi connectivity index (χ0) is 16.4. The van der Waals surface area contributed by atoms with Gasteiger partial charge in [0.2, 0.25) is 0 Å². The van der Waals surface area contributed by atoms with Gasteiger partial charge in [0.25, 0.3) is 11.1 Å². The molecule has 0 atom stereocenters. The van der Waals surface area contributed by atoms with Gasteiger partial charge in [0.05, 0.1) is 15.6 Å². The second-order valence-corrected chi connectivity index (χ2v) is 6.37. The molecule has 2 N–H and O–H groups in total. The van der Waals surface area contributed by atoms with E-state index in [9.17, 15) is 19.5 Å². The van der Waals surface area contributed by atoms with E-state index in [1.165, 1.54) is 19.3 Å². The number of amides is 2. The molecule has 0 aliphatic carbocycles. The van der Waals surface area contributed by atoms with E-state index in [1.807, 2.05) is 22.6 Å². The first-order chi connectivity index (χ1) is 10.3. The summed E-state index contributed by atoms with van der Waals surface area (Å²) in [6.45, 7) is -0.668. The first-order valence-corrected chi connectivity index (χ1v) is 7.76. The van der Waals surface area contributed by atoms with Gasteiger partial charge in [-0.25, -0.2) is 0 Å². The Hall–Kier alpha value is -1.75. The fourth-order valence-corrected chi connectivity index (χ4v) is 3.22. The summed E-state index contributed by atoms with van der Waals surface area (Å²) in [5.41, 5.74) is 0.555. The minimum absolute atomic E-state index is 0.0146. The molecule has 116 valence electrons. The maximum atomic E-state index is 12.0. The molecule has 1 aromatic rings. The van der Waals surface area contributed by atoms with Gasteiger partial charge in [-0.05, 0) is 58.1 Å². The number of aromatic hydroxyl groups is 1. The van der Waals surface area contributed by atoms with Gasteiger partial charge < -0.3 is 14.9 Å². The number of carbonyl (C=O) groups excluding carboxylic acids is 2. The fraction of sp³-hybridized carbons (Fsp3) is 0.154. The maximum Gasteiger partial charge on any atom is 0.323 e. The van der Waals surface area contributed by atoms with Crippen LogP contribution in [0.5, 0.6) is 11.5 Å². The molecule has 0 bridgehead atoms. The molecule has 1 saturated heterocycles. The number of thioether (sulfide) groups is 1. The third-order valence-electron chi connectivity index (χ3n) is 2.74. The normalized spacial score (nSPS) is 16.5. The third kappa shape index (κ3) is 3.35. The van der Waals surface area contributed by atoms with Gasteiger partial charge in [0.15, 0.2) is 11.5 Å². The van der Waals surface area contributed by atoms with Gasteiger partial charge in [0.1, 0.15) is 6.54 Å². The number of imide groups is 1. The van der Waals surface area contributed by atoms with E-state index in [0.29, 0.717) is 25.8 Å². The molecular formula is C13H10INO6S. The maximum absolute atomic E-state index is 12.0. The van der Waals surface area contributed by atoms with Crippen LogP contribution in [0.25, 0.3) is 6.08 Å². The van der Waals surface area contributed by atoms with Gasteiger partial charge in [-0.1, -0.05) is 0 Å². The van der Waals surface area contributed by atoms with Crippen LogP contribution >= 0.6 is 34.4 Å². The molecule has 1 heterocycles. The van der Waals surface area contributed by atoms with Crippen molar-refractivity contribution in [3.05, 3.63) is 26.2 Å². The van der Waals surface area contributed by atoms with Crippen molar-refractivity contribution in [1.29, 1.82) is 0 Å². The first kappa shape index (κ1) is 16.6. The number of carbonyl (C=O) groups is 3. The summed E-state index contributed by atoms with van der Waals surface area (Å²) in [4.78, 5) is 35.1. The van der Waals surface area contributed by atoms with Crippen LogP contribution in [-0.2, 0) is 9.59 Å². The Morgan fingerprint density at radius 1 is 1.45 bits per heavy atom. The summed E-state index contributed by atoms with van der Waals surface area (Å²) < 4.78 is 5.54. The average Bonchev–Trinajstić information content (AvgIpc) is 2.70. The van der Waals surface area contributed by atoms with Crippen LogP contribution in [0, 0.1) is 3.57 Å². The smallest absolute Gasteiger partial charge is 0.323 e. The van der Waals surface area contributed by atoms with E-state index in [4.69, 9.17) is 9.84 Å². The molecule has 7 nitrogen and oxygen atoms in total. The second-order valence-electron chi connectivity index (χ2n) is 4.22. The summed E-state index contributed by atoms with van der Waals surface area (Å²) in [5.74, 6) is -1.69. The van der Waals surface area contributed by atoms with Crippen LogP contribution in [0.1, 0.15) is 5.56 Å². The van der Waals surface area contributed by atoms with Crippen molar-refractivity contribution < 1.29 is 29.3 Å². The lowest BCUT2D eigenvalue weighted by Crippen LogP contribution is -2.33. The van der Waals surface area contributed by atoms with Crippen molar-refractivity contribution in [2.45, 2.75) is 0 Å². The number of hydrogen-bond acceptors (Lipinski definition) is 6. The molecule has 0 unspecified atom stereocenters. The Balaban J connectivity index is 2.34. The van der Waals surface area contributed by atoms with Crippen LogP contribution in [0.3, 0.4) is 0 Å². The molecule has 1 aliphatic heterocycles. The Morgan fingerprint density at radius 2 is 2.14 bits per heavy atom. The predicted octanol–water partition coefficient (Wildman–Crippen LogP) is 2.13. The first-order valence-electron chi connectivity index (χ1n) is 5.87. The molecule has 2 amide bonds. The monoisotopic (exact) mass is 435 g/mol. The highest BCUT2D eigenvalue weighted by Gasteiger charge is 2.36. The summed E-state index contributed by atoms with van der Waals surface area (Å²) in [6, 6.07) is 3.13. The van der Waals surface area contributed by atoms with E-state index in [1.54, 1.807) is 6.07 Å². The molecule has 22 heavy (non-hydrogen) atoms. The highest BCUT2D eigenvalue weighted by atomic mass is 127. The third-order valence-corrected chi connectivity index (χ3v) is 4.47. The number of carboxylic acid groups (broad SMARTS) is 1. The molecule has 0 radical (unpaired) electrons. The van der Waals surface area contributed by atoms with Crippen LogP contribution in [0.4, 0.5) is 4.79 Å². The van der Waals surface area contributed by atoms with Crippen LogP contribution < -0.4 is 4.74 Å². The van der Waals surface area contributed by atoms with Gasteiger partial charge in [-0.2, -0.15) is 0 Å². The molecule has 0 aromatic heterocycles. The molecule has 1 aromatic carbocycles. The summed E-state index contributed by atoms with van der Waals surface area (Å²) in [5, 5.41) is 17.8. The number of aliphatic carboxylic acids is 1. The van der Waals surface area contributed by atoms with Gasteiger partial charge in [-0.3, -0.25) is 19.3 Å². The Kier molecular flexibility index (Phi) is 4.96. The van der Waals surface area contributed by atoms with Crippen LogP contribution in [0.2, 0.25) is 0 Å². The van der Waals surface area contributed by atoms with E-state index in [2.05, 4.69) is 0 Å². The summed E-state index contributed by atoms with van der Waals surface area (Å²) in [7, 11) is 1.40. The van der Waals surface area contributed by atoms with E-state index in [0.717, 1.165) is 0 Å². The molecule has 0 spiro atoms. The lowest BCUT2D eigenvalue weighted by atomic mass is 10.2. The van der Waals surface area contributed by atoms with Crippen molar-refractivity contribution >= 4 is 57.5 Å². The van der Waals surface area contributed by atoms with E-state index in [-0.39, 0.29) is 16.4 Å². The molecule has 1 aliphatic rings. The SMILES string of the molecule is COc1cc(/C=C2/SC(=O)N(CC(=O)O)C2=O)cc(I)c1O. The predicted molar refractivity (Wildman–Crippen MR) is 87.7 cm³/mol. The van der Waals surface area contributed by atoms with Gasteiger partial charge in [-0.15, -0.1) is 0 Å². The number of phenolic OH excluding ortho intramolecular Hbond substituents is 1. The van der Waals surface area contributed by atoms with Crippen molar-refractivity contribution in [3.63, 3.8) is 0 Å². The largest absolute Gasteiger partial charge is 0.504 e. The number of nitrogens with zero attached hydrogens (tertiary/aromatic N) is 1. The Morgan fingerprint density at radius 3 is 2.73 bits per heavy atom. The number of hydrogen-bond donors (Lipinski definition) is 2. The minimum atomic E-state index is -1.26. The molecule has 2 rings (SSSR count). The van der Waals surface area contributed by atoms with Crippen molar-refractivity contribution in [2.24, 2.45) is 0 Å². The average molecular weight is 435 g/mol. The number of halogens is 1. The van der Waals surface area contributed by atoms with E-state index >= 15 is 0 Å². The highest BCUT2D eigenvalue weighted by molar-refractivity contribution is 14.1. The number of carboxylic acids is 1. The lowest BCUT2D eigenvalue weighted by molar-refractivity contribution is -0.140. The number of rotatable bonds is 4. The minimum Gasteiger partial charge on any atom is -0.504 e. The summed E-state index contributed by atoms with van der Waals surface area (Å²) >= 11 is 2.58. The quantitative estimate of drug-likeness (QED) is 0.552. The fourth-order valence-electron chi connectivity index (χ4n) is 1.76.